The van der Waals surface area contributed by atoms with Crippen molar-refractivity contribution in [2.45, 2.75) is 49.7 Å². The lowest BCUT2D eigenvalue weighted by atomic mass is 10.0. The van der Waals surface area contributed by atoms with Gasteiger partial charge < -0.3 is 19.3 Å². The van der Waals surface area contributed by atoms with E-state index in [1.807, 2.05) is 30.3 Å². The molecule has 3 rings (SSSR count). The number of halogens is 1. The van der Waals surface area contributed by atoms with Crippen molar-refractivity contribution in [2.75, 3.05) is 13.2 Å². The van der Waals surface area contributed by atoms with Gasteiger partial charge in [0.05, 0.1) is 12.6 Å². The Balaban J connectivity index is 1.69. The maximum absolute atomic E-state index is 12.8. The van der Waals surface area contributed by atoms with Crippen LogP contribution in [0.15, 0.2) is 30.3 Å². The van der Waals surface area contributed by atoms with Gasteiger partial charge in [0.1, 0.15) is 24.2 Å². The fraction of sp³-hybridized carbons (Fsp3) is 0.556. The summed E-state index contributed by atoms with van der Waals surface area (Å²) >= 11 is 6.18. The van der Waals surface area contributed by atoms with E-state index in [-0.39, 0.29) is 13.2 Å². The predicted octanol–water partition coefficient (Wildman–Crippen LogP) is 1.70. The largest absolute Gasteiger partial charge is 0.447 e. The van der Waals surface area contributed by atoms with Crippen molar-refractivity contribution in [1.82, 2.24) is 4.90 Å². The van der Waals surface area contributed by atoms with Crippen LogP contribution >= 0.6 is 11.6 Å². The SMILES string of the molecule is CC1(C)OC[C@H](C(O)C(Cl)C(=O)N2C(=O)OC[C@@H]2Cc2ccccc2)O1. The molecule has 2 unspecified atom stereocenters. The van der Waals surface area contributed by atoms with Crippen LogP contribution in [0.1, 0.15) is 19.4 Å². The summed E-state index contributed by atoms with van der Waals surface area (Å²) in [6.07, 6.45) is -2.36. The number of ether oxygens (including phenoxy) is 3. The number of cyclic esters (lactones) is 1. The van der Waals surface area contributed by atoms with Crippen LogP contribution in [-0.4, -0.2) is 64.6 Å². The second kappa shape index (κ2) is 7.52. The highest BCUT2D eigenvalue weighted by molar-refractivity contribution is 6.32. The Hall–Kier alpha value is -1.67. The van der Waals surface area contributed by atoms with Crippen molar-refractivity contribution in [3.05, 3.63) is 35.9 Å². The third kappa shape index (κ3) is 4.01. The summed E-state index contributed by atoms with van der Waals surface area (Å²) in [5, 5.41) is 9.06. The first-order valence-electron chi connectivity index (χ1n) is 8.46. The Kier molecular flexibility index (Phi) is 5.53. The lowest BCUT2D eigenvalue weighted by Gasteiger charge is -2.27. The van der Waals surface area contributed by atoms with Gasteiger partial charge in [-0.05, 0) is 25.8 Å². The lowest BCUT2D eigenvalue weighted by Crippen LogP contribution is -2.50. The Morgan fingerprint density at radius 1 is 1.35 bits per heavy atom. The molecular weight excluding hydrogens is 362 g/mol. The van der Waals surface area contributed by atoms with E-state index in [2.05, 4.69) is 0 Å². The first kappa shape index (κ1) is 19.1. The Labute approximate surface area is 156 Å². The summed E-state index contributed by atoms with van der Waals surface area (Å²) in [7, 11) is 0. The van der Waals surface area contributed by atoms with Gasteiger partial charge in [0.2, 0.25) is 0 Å². The number of carbonyl (C=O) groups excluding carboxylic acids is 2. The maximum Gasteiger partial charge on any atom is 0.417 e. The molecule has 8 heteroatoms. The number of benzene rings is 1. The highest BCUT2D eigenvalue weighted by Gasteiger charge is 2.46. The van der Waals surface area contributed by atoms with E-state index in [0.717, 1.165) is 10.5 Å². The molecule has 2 saturated heterocycles. The number of hydrogen-bond donors (Lipinski definition) is 1. The van der Waals surface area contributed by atoms with E-state index in [1.165, 1.54) is 0 Å². The molecule has 0 bridgehead atoms. The van der Waals surface area contributed by atoms with E-state index in [0.29, 0.717) is 6.42 Å². The summed E-state index contributed by atoms with van der Waals surface area (Å²) in [6, 6.07) is 9.00. The molecule has 0 aliphatic carbocycles. The van der Waals surface area contributed by atoms with Crippen LogP contribution in [0.25, 0.3) is 0 Å². The quantitative estimate of drug-likeness (QED) is 0.779. The van der Waals surface area contributed by atoms with Gasteiger partial charge in [0, 0.05) is 0 Å². The van der Waals surface area contributed by atoms with Crippen molar-refractivity contribution >= 4 is 23.6 Å². The second-order valence-corrected chi connectivity index (χ2v) is 7.36. The molecule has 2 amide bonds. The fourth-order valence-electron chi connectivity index (χ4n) is 3.12. The van der Waals surface area contributed by atoms with Crippen molar-refractivity contribution in [3.8, 4) is 0 Å². The van der Waals surface area contributed by atoms with Gasteiger partial charge in [-0.25, -0.2) is 9.69 Å². The lowest BCUT2D eigenvalue weighted by molar-refractivity contribution is -0.154. The number of imide groups is 1. The van der Waals surface area contributed by atoms with E-state index in [4.69, 9.17) is 25.8 Å². The molecule has 1 aromatic carbocycles. The van der Waals surface area contributed by atoms with Gasteiger partial charge >= 0.3 is 6.09 Å². The van der Waals surface area contributed by atoms with Crippen molar-refractivity contribution in [1.29, 1.82) is 0 Å². The number of rotatable bonds is 5. The molecule has 142 valence electrons. The molecule has 2 aliphatic rings. The highest BCUT2D eigenvalue weighted by atomic mass is 35.5. The van der Waals surface area contributed by atoms with Crippen LogP contribution in [0.4, 0.5) is 4.79 Å². The highest BCUT2D eigenvalue weighted by Crippen LogP contribution is 2.28. The van der Waals surface area contributed by atoms with Crippen LogP contribution in [0.5, 0.6) is 0 Å². The Bertz CT molecular complexity index is 667. The summed E-state index contributed by atoms with van der Waals surface area (Å²) < 4.78 is 16.0. The van der Waals surface area contributed by atoms with Gasteiger partial charge in [0.15, 0.2) is 5.79 Å². The average molecular weight is 384 g/mol. The maximum atomic E-state index is 12.8. The predicted molar refractivity (Wildman–Crippen MR) is 92.7 cm³/mol. The van der Waals surface area contributed by atoms with E-state index < -0.39 is 41.4 Å². The smallest absolute Gasteiger partial charge is 0.417 e. The number of aliphatic hydroxyl groups is 1. The average Bonchev–Trinajstić information content (AvgIpc) is 3.16. The molecular formula is C18H22ClNO6. The number of aliphatic hydroxyl groups excluding tert-OH is 1. The van der Waals surface area contributed by atoms with Crippen LogP contribution in [0, 0.1) is 0 Å². The van der Waals surface area contributed by atoms with Gasteiger partial charge in [-0.2, -0.15) is 0 Å². The number of hydrogen-bond acceptors (Lipinski definition) is 6. The normalized spacial score (nSPS) is 27.2. The van der Waals surface area contributed by atoms with Gasteiger partial charge in [-0.15, -0.1) is 11.6 Å². The zero-order valence-electron chi connectivity index (χ0n) is 14.6. The number of nitrogens with zero attached hydrogens (tertiary/aromatic N) is 1. The third-order valence-corrected chi connectivity index (χ3v) is 4.90. The van der Waals surface area contributed by atoms with E-state index >= 15 is 0 Å². The molecule has 26 heavy (non-hydrogen) atoms. The molecule has 0 saturated carbocycles. The van der Waals surface area contributed by atoms with E-state index in [1.54, 1.807) is 13.8 Å². The minimum Gasteiger partial charge on any atom is -0.447 e. The third-order valence-electron chi connectivity index (χ3n) is 4.46. The first-order valence-corrected chi connectivity index (χ1v) is 8.90. The van der Waals surface area contributed by atoms with Crippen LogP contribution in [-0.2, 0) is 25.4 Å². The Morgan fingerprint density at radius 2 is 2.04 bits per heavy atom. The fourth-order valence-corrected chi connectivity index (χ4v) is 3.39. The molecule has 2 fully saturated rings. The molecule has 1 N–H and O–H groups in total. The van der Waals surface area contributed by atoms with Crippen molar-refractivity contribution in [2.24, 2.45) is 0 Å². The van der Waals surface area contributed by atoms with Gasteiger partial charge in [-0.3, -0.25) is 4.79 Å². The standard InChI is InChI=1S/C18H22ClNO6/c1-18(2)25-10-13(26-18)15(21)14(19)16(22)20-12(9-24-17(20)23)8-11-6-4-3-5-7-11/h3-7,12-15,21H,8-10H2,1-2H3/t12-,13+,14?,15?/m0/s1. The van der Waals surface area contributed by atoms with Crippen LogP contribution < -0.4 is 0 Å². The molecule has 4 atom stereocenters. The topological polar surface area (TPSA) is 85.3 Å². The molecule has 0 spiro atoms. The van der Waals surface area contributed by atoms with Gasteiger partial charge in [-0.1, -0.05) is 30.3 Å². The summed E-state index contributed by atoms with van der Waals surface area (Å²) in [6.45, 7) is 3.62. The first-order chi connectivity index (χ1) is 12.3. The van der Waals surface area contributed by atoms with E-state index in [9.17, 15) is 14.7 Å². The number of carbonyl (C=O) groups is 2. The zero-order chi connectivity index (χ0) is 18.9. The monoisotopic (exact) mass is 383 g/mol. The summed E-state index contributed by atoms with van der Waals surface area (Å²) in [5.74, 6) is -1.55. The Morgan fingerprint density at radius 3 is 2.65 bits per heavy atom. The minimum absolute atomic E-state index is 0.0925. The molecule has 7 nitrogen and oxygen atoms in total. The molecule has 1 aromatic rings. The molecule has 2 heterocycles. The molecule has 0 aromatic heterocycles. The number of amides is 2. The minimum atomic E-state index is -1.35. The summed E-state index contributed by atoms with van der Waals surface area (Å²) in [5.41, 5.74) is 0.967. The second-order valence-electron chi connectivity index (χ2n) is 6.89. The zero-order valence-corrected chi connectivity index (χ0v) is 15.4. The van der Waals surface area contributed by atoms with Crippen molar-refractivity contribution in [3.63, 3.8) is 0 Å². The molecule has 2 aliphatic heterocycles. The molecule has 0 radical (unpaired) electrons. The van der Waals surface area contributed by atoms with Crippen molar-refractivity contribution < 1.29 is 28.9 Å². The van der Waals surface area contributed by atoms with Crippen LogP contribution in [0.3, 0.4) is 0 Å². The van der Waals surface area contributed by atoms with Crippen LogP contribution in [0.2, 0.25) is 0 Å². The van der Waals surface area contributed by atoms with Gasteiger partial charge in [0.25, 0.3) is 5.91 Å². The summed E-state index contributed by atoms with van der Waals surface area (Å²) in [4.78, 5) is 25.8. The number of alkyl halides is 1.